The molecule has 0 aliphatic carbocycles. The first-order valence-corrected chi connectivity index (χ1v) is 8.10. The normalized spacial score (nSPS) is 12.2. The van der Waals surface area contributed by atoms with Gasteiger partial charge in [-0.05, 0) is 26.0 Å². The van der Waals surface area contributed by atoms with Crippen LogP contribution in [0.2, 0.25) is 15.1 Å². The fourth-order valence-corrected chi connectivity index (χ4v) is 2.68. The van der Waals surface area contributed by atoms with Gasteiger partial charge in [0, 0.05) is 0 Å². The second kappa shape index (κ2) is 8.36. The third-order valence-electron chi connectivity index (χ3n) is 2.92. The van der Waals surface area contributed by atoms with Gasteiger partial charge < -0.3 is 27.4 Å². The maximum absolute atomic E-state index is 13.1. The first-order valence-electron chi connectivity index (χ1n) is 6.97. The Labute approximate surface area is 163 Å². The Bertz CT molecular complexity index is 792. The van der Waals surface area contributed by atoms with Crippen molar-refractivity contribution < 1.29 is 39.4 Å². The number of benzene rings is 1. The molecule has 2 rings (SSSR count). The molecule has 2 aromatic rings. The predicted molar refractivity (Wildman–Crippen MR) is 89.4 cm³/mol. The SMILES string of the molecule is CC(C)[n+]1c(C(F)(F)F)oc(N)c1-c1cc(Cl)c(Cl)c(Cl)c1.F[B-](F)(F)F. The minimum Gasteiger partial charge on any atom is -0.418 e. The average Bonchev–Trinajstić information content (AvgIpc) is 2.80. The van der Waals surface area contributed by atoms with Gasteiger partial charge in [-0.15, -0.1) is 4.57 Å². The van der Waals surface area contributed by atoms with Crippen molar-refractivity contribution in [1.29, 1.82) is 0 Å². The molecular weight excluding hydrogens is 450 g/mol. The van der Waals surface area contributed by atoms with E-state index in [4.69, 9.17) is 45.0 Å². The van der Waals surface area contributed by atoms with Crippen LogP contribution >= 0.6 is 34.8 Å². The molecule has 0 fully saturated rings. The highest BCUT2D eigenvalue weighted by Gasteiger charge is 2.50. The van der Waals surface area contributed by atoms with Crippen molar-refractivity contribution in [3.63, 3.8) is 0 Å². The number of halogens is 10. The Balaban J connectivity index is 0.000000646. The Morgan fingerprint density at radius 1 is 1.04 bits per heavy atom. The van der Waals surface area contributed by atoms with E-state index in [1.165, 1.54) is 12.1 Å². The Hall–Kier alpha value is -1.33. The molecule has 0 atom stereocenters. The van der Waals surface area contributed by atoms with Gasteiger partial charge in [-0.1, -0.05) is 34.8 Å². The highest BCUT2D eigenvalue weighted by Crippen LogP contribution is 2.39. The van der Waals surface area contributed by atoms with Crippen molar-refractivity contribution >= 4 is 47.9 Å². The molecule has 0 spiro atoms. The van der Waals surface area contributed by atoms with Gasteiger partial charge in [0.1, 0.15) is 0 Å². The lowest BCUT2D eigenvalue weighted by Gasteiger charge is -2.07. The highest BCUT2D eigenvalue weighted by atomic mass is 35.5. The maximum Gasteiger partial charge on any atom is 0.673 e. The zero-order valence-electron chi connectivity index (χ0n) is 13.5. The molecule has 1 aromatic carbocycles. The lowest BCUT2D eigenvalue weighted by molar-refractivity contribution is -0.727. The number of aromatic nitrogens is 1. The van der Waals surface area contributed by atoms with Crippen LogP contribution in [0.1, 0.15) is 25.8 Å². The van der Waals surface area contributed by atoms with Crippen LogP contribution in [0.4, 0.5) is 36.3 Å². The summed E-state index contributed by atoms with van der Waals surface area (Å²) in [6.07, 6.45) is -4.68. The van der Waals surface area contributed by atoms with Gasteiger partial charge in [0.15, 0.2) is 6.04 Å². The van der Waals surface area contributed by atoms with E-state index in [9.17, 15) is 30.4 Å². The molecule has 27 heavy (non-hydrogen) atoms. The largest absolute Gasteiger partial charge is 0.673 e. The van der Waals surface area contributed by atoms with Crippen molar-refractivity contribution in [2.45, 2.75) is 26.1 Å². The van der Waals surface area contributed by atoms with Crippen molar-refractivity contribution in [1.82, 2.24) is 0 Å². The van der Waals surface area contributed by atoms with Crippen molar-refractivity contribution in [2.24, 2.45) is 0 Å². The Kier molecular flexibility index (Phi) is 7.34. The van der Waals surface area contributed by atoms with Crippen LogP contribution in [-0.2, 0) is 6.18 Å². The lowest BCUT2D eigenvalue weighted by Crippen LogP contribution is -2.43. The number of hydrogen-bond donors (Lipinski definition) is 1. The van der Waals surface area contributed by atoms with Crippen LogP contribution in [0.15, 0.2) is 16.5 Å². The molecule has 2 N–H and O–H groups in total. The summed E-state index contributed by atoms with van der Waals surface area (Å²) in [5.41, 5.74) is 5.97. The molecule has 0 aliphatic heterocycles. The fourth-order valence-electron chi connectivity index (χ4n) is 2.08. The molecule has 0 amide bonds. The zero-order valence-corrected chi connectivity index (χ0v) is 15.8. The Morgan fingerprint density at radius 2 is 1.44 bits per heavy atom. The first-order chi connectivity index (χ1) is 12.0. The smallest absolute Gasteiger partial charge is 0.418 e. The summed E-state index contributed by atoms with van der Waals surface area (Å²) >= 11 is 17.7. The van der Waals surface area contributed by atoms with Gasteiger partial charge in [0.2, 0.25) is 0 Å². The number of oxazole rings is 1. The molecule has 0 saturated heterocycles. The summed E-state index contributed by atoms with van der Waals surface area (Å²) in [4.78, 5) is 0. The van der Waals surface area contributed by atoms with E-state index in [2.05, 4.69) is 0 Å². The van der Waals surface area contributed by atoms with Crippen molar-refractivity contribution in [3.05, 3.63) is 33.1 Å². The fraction of sp³-hybridized carbons (Fsp3) is 0.308. The summed E-state index contributed by atoms with van der Waals surface area (Å²) in [5, 5.41) is 0.323. The number of nitrogen functional groups attached to an aromatic ring is 1. The summed E-state index contributed by atoms with van der Waals surface area (Å²) in [6.45, 7) is 3.15. The highest BCUT2D eigenvalue weighted by molar-refractivity contribution is 6.50. The van der Waals surface area contributed by atoms with Crippen LogP contribution < -0.4 is 10.3 Å². The summed E-state index contributed by atoms with van der Waals surface area (Å²) in [7, 11) is -6.00. The second-order valence-corrected chi connectivity index (χ2v) is 6.52. The van der Waals surface area contributed by atoms with E-state index in [0.717, 1.165) is 4.57 Å². The molecule has 14 heteroatoms. The van der Waals surface area contributed by atoms with Gasteiger partial charge in [-0.25, -0.2) is 0 Å². The van der Waals surface area contributed by atoms with Gasteiger partial charge in [-0.2, -0.15) is 13.2 Å². The summed E-state index contributed by atoms with van der Waals surface area (Å²) in [6, 6.07) is 2.22. The van der Waals surface area contributed by atoms with E-state index < -0.39 is 25.4 Å². The summed E-state index contributed by atoms with van der Waals surface area (Å²) < 4.78 is 84.0. The number of anilines is 1. The molecule has 1 heterocycles. The first kappa shape index (κ1) is 23.7. The number of nitrogens with zero attached hydrogens (tertiary/aromatic N) is 1. The number of alkyl halides is 3. The minimum atomic E-state index is -6.00. The van der Waals surface area contributed by atoms with Gasteiger partial charge in [0.25, 0.3) is 11.6 Å². The minimum absolute atomic E-state index is 0.0443. The van der Waals surface area contributed by atoms with E-state index in [1.54, 1.807) is 13.8 Å². The lowest BCUT2D eigenvalue weighted by atomic mass is 10.1. The molecule has 0 saturated carbocycles. The second-order valence-electron chi connectivity index (χ2n) is 5.33. The third kappa shape index (κ3) is 6.36. The number of rotatable bonds is 2. The number of hydrogen-bond acceptors (Lipinski definition) is 2. The molecule has 152 valence electrons. The monoisotopic (exact) mass is 460 g/mol. The molecule has 0 radical (unpaired) electrons. The van der Waals surface area contributed by atoms with Crippen LogP contribution in [0.25, 0.3) is 11.3 Å². The van der Waals surface area contributed by atoms with Gasteiger partial charge >= 0.3 is 19.3 Å². The van der Waals surface area contributed by atoms with Crippen LogP contribution in [0, 0.1) is 0 Å². The molecule has 3 nitrogen and oxygen atoms in total. The zero-order chi connectivity index (χ0) is 21.3. The predicted octanol–water partition coefficient (Wildman–Crippen LogP) is 6.68. The van der Waals surface area contributed by atoms with Crippen LogP contribution in [0.5, 0.6) is 0 Å². The standard InChI is InChI=1S/C13H11Cl3F3N2O.BF4/c1-5(2)21-10(11(20)22-12(21)13(17,18)19)6-3-7(14)9(16)8(15)4-6;2-1(3,4)5/h3-5H,20H2,1-2H3;/q+1;-1. The Morgan fingerprint density at radius 3 is 1.78 bits per heavy atom. The van der Waals surface area contributed by atoms with E-state index in [-0.39, 0.29) is 32.2 Å². The van der Waals surface area contributed by atoms with Crippen LogP contribution in [0.3, 0.4) is 0 Å². The van der Waals surface area contributed by atoms with Gasteiger partial charge in [-0.3, -0.25) is 0 Å². The quantitative estimate of drug-likeness (QED) is 0.235. The summed E-state index contributed by atoms with van der Waals surface area (Å²) in [5.74, 6) is -1.58. The van der Waals surface area contributed by atoms with Crippen LogP contribution in [-0.4, -0.2) is 7.25 Å². The van der Waals surface area contributed by atoms with E-state index in [0.29, 0.717) is 0 Å². The topological polar surface area (TPSA) is 43.0 Å². The molecular formula is C13H11BCl3F7N2O. The molecule has 0 aliphatic rings. The molecule has 1 aromatic heterocycles. The number of nitrogens with two attached hydrogens (primary N) is 1. The van der Waals surface area contributed by atoms with E-state index in [1.807, 2.05) is 0 Å². The van der Waals surface area contributed by atoms with Crippen molar-refractivity contribution in [3.8, 4) is 11.3 Å². The molecule has 0 unspecified atom stereocenters. The third-order valence-corrected chi connectivity index (χ3v) is 4.11. The molecule has 0 bridgehead atoms. The van der Waals surface area contributed by atoms with Crippen molar-refractivity contribution in [2.75, 3.05) is 5.73 Å². The van der Waals surface area contributed by atoms with Gasteiger partial charge in [0.05, 0.1) is 20.6 Å². The maximum atomic E-state index is 13.1. The average molecular weight is 461 g/mol. The van der Waals surface area contributed by atoms with E-state index >= 15 is 0 Å².